The van der Waals surface area contributed by atoms with Crippen LogP contribution in [0.25, 0.3) is 0 Å². The lowest BCUT2D eigenvalue weighted by Crippen LogP contribution is -2.39. The van der Waals surface area contributed by atoms with Crippen molar-refractivity contribution < 1.29 is 52.3 Å². The fourth-order valence-corrected chi connectivity index (χ4v) is 5.73. The van der Waals surface area contributed by atoms with Crippen LogP contribution in [-0.2, 0) is 42.8 Å². The van der Waals surface area contributed by atoms with Gasteiger partial charge in [-0.05, 0) is 101 Å². The molecule has 0 spiro atoms. The minimum Gasteiger partial charge on any atom is -0.494 e. The van der Waals surface area contributed by atoms with Crippen LogP contribution in [0.1, 0.15) is 98.9 Å². The van der Waals surface area contributed by atoms with Crippen LogP contribution in [-0.4, -0.2) is 68.6 Å². The number of ether oxygens (including phenoxy) is 7. The van der Waals surface area contributed by atoms with Crippen LogP contribution < -0.4 is 4.74 Å². The Morgan fingerprint density at radius 3 is 1.85 bits per heavy atom. The fourth-order valence-electron chi connectivity index (χ4n) is 5.73. The van der Waals surface area contributed by atoms with Crippen molar-refractivity contribution in [2.75, 3.05) is 26.4 Å². The van der Waals surface area contributed by atoms with E-state index in [-0.39, 0.29) is 25.3 Å². The summed E-state index contributed by atoms with van der Waals surface area (Å²) in [7, 11) is 0. The molecule has 2 aromatic rings. The summed E-state index contributed by atoms with van der Waals surface area (Å²) in [5, 5.41) is 0. The van der Waals surface area contributed by atoms with E-state index in [1.807, 2.05) is 24.3 Å². The molecule has 0 aromatic heterocycles. The maximum Gasteiger partial charge on any atom is 0.338 e. The summed E-state index contributed by atoms with van der Waals surface area (Å²) < 4.78 is 38.3. The number of rotatable bonds is 17. The third-order valence-corrected chi connectivity index (χ3v) is 8.29. The van der Waals surface area contributed by atoms with E-state index in [9.17, 15) is 19.2 Å². The van der Waals surface area contributed by atoms with E-state index < -0.39 is 36.4 Å². The molecule has 260 valence electrons. The Hall–Kier alpha value is -4.22. The van der Waals surface area contributed by atoms with Gasteiger partial charge in [0.25, 0.3) is 0 Å². The van der Waals surface area contributed by atoms with Gasteiger partial charge in [0.2, 0.25) is 0 Å². The Balaban J connectivity index is 1.17. The minimum atomic E-state index is -1.20. The van der Waals surface area contributed by atoms with Crippen LogP contribution in [0.5, 0.6) is 5.75 Å². The second-order valence-electron chi connectivity index (χ2n) is 11.7. The molecule has 1 saturated heterocycles. The molecular weight excluding hydrogens is 620 g/mol. The van der Waals surface area contributed by atoms with Crippen molar-refractivity contribution in [2.45, 2.75) is 95.7 Å². The molecule has 48 heavy (non-hydrogen) atoms. The molecule has 2 aromatic carbocycles. The second-order valence-corrected chi connectivity index (χ2v) is 11.7. The first kappa shape index (κ1) is 36.6. The van der Waals surface area contributed by atoms with E-state index in [2.05, 4.69) is 6.58 Å². The average molecular weight is 667 g/mol. The normalized spacial score (nSPS) is 20.8. The lowest BCUT2D eigenvalue weighted by molar-refractivity contribution is -0.163. The zero-order valence-electron chi connectivity index (χ0n) is 27.8. The Morgan fingerprint density at radius 1 is 0.729 bits per heavy atom. The zero-order valence-corrected chi connectivity index (χ0v) is 27.8. The highest BCUT2D eigenvalue weighted by molar-refractivity contribution is 5.89. The van der Waals surface area contributed by atoms with Crippen LogP contribution in [0.15, 0.2) is 61.2 Å². The third kappa shape index (κ3) is 10.6. The van der Waals surface area contributed by atoms with Crippen molar-refractivity contribution in [1.82, 2.24) is 0 Å². The van der Waals surface area contributed by atoms with E-state index in [4.69, 9.17) is 33.2 Å². The monoisotopic (exact) mass is 666 g/mol. The standard InChI is InChI=1S/C37H46O11/c1-4-31(38)45-24-10-8-7-9-23-44-29-19-17-27(18-20-29)34(39)46-30-21-15-26(16-22-30)25-11-13-28(14-12-25)37-47-32(35(40)42-5-2)33(48-37)36(41)43-6-3/h4,11-14,17-20,26,30,32-33,37H,1,5-10,15-16,21-24H2,2-3H3/t26?,30?,32-,33-/m1/s1. The van der Waals surface area contributed by atoms with Gasteiger partial charge in [0.05, 0.1) is 32.0 Å². The summed E-state index contributed by atoms with van der Waals surface area (Å²) in [6.45, 7) is 8.00. The van der Waals surface area contributed by atoms with Crippen LogP contribution in [0, 0.1) is 0 Å². The first-order chi connectivity index (χ1) is 23.3. The topological polar surface area (TPSA) is 133 Å². The number of carbonyl (C=O) groups is 4. The van der Waals surface area contributed by atoms with Crippen molar-refractivity contribution >= 4 is 23.9 Å². The molecule has 0 N–H and O–H groups in total. The van der Waals surface area contributed by atoms with Gasteiger partial charge in [-0.3, -0.25) is 0 Å². The van der Waals surface area contributed by atoms with Crippen molar-refractivity contribution in [3.05, 3.63) is 77.9 Å². The van der Waals surface area contributed by atoms with Gasteiger partial charge >= 0.3 is 23.9 Å². The highest BCUT2D eigenvalue weighted by atomic mass is 16.8. The minimum absolute atomic E-state index is 0.149. The van der Waals surface area contributed by atoms with E-state index in [0.717, 1.165) is 63.0 Å². The van der Waals surface area contributed by atoms with Gasteiger partial charge in [-0.25, -0.2) is 19.2 Å². The molecule has 2 aliphatic rings. The lowest BCUT2D eigenvalue weighted by atomic mass is 9.82. The number of hydrogen-bond donors (Lipinski definition) is 0. The maximum atomic E-state index is 12.8. The van der Waals surface area contributed by atoms with E-state index >= 15 is 0 Å². The molecule has 0 unspecified atom stereocenters. The van der Waals surface area contributed by atoms with Gasteiger partial charge < -0.3 is 33.2 Å². The van der Waals surface area contributed by atoms with Crippen LogP contribution in [0.4, 0.5) is 0 Å². The summed E-state index contributed by atoms with van der Waals surface area (Å²) in [4.78, 5) is 48.6. The summed E-state index contributed by atoms with van der Waals surface area (Å²) in [6.07, 6.45) is 4.55. The molecule has 11 nitrogen and oxygen atoms in total. The third-order valence-electron chi connectivity index (χ3n) is 8.29. The number of carbonyl (C=O) groups excluding carboxylic acids is 4. The molecule has 4 rings (SSSR count). The Bertz CT molecular complexity index is 1320. The largest absolute Gasteiger partial charge is 0.494 e. The van der Waals surface area contributed by atoms with Crippen molar-refractivity contribution in [1.29, 1.82) is 0 Å². The first-order valence-electron chi connectivity index (χ1n) is 16.8. The van der Waals surface area contributed by atoms with Gasteiger partial charge in [0.1, 0.15) is 11.9 Å². The molecule has 2 atom stereocenters. The molecule has 0 bridgehead atoms. The number of benzene rings is 2. The van der Waals surface area contributed by atoms with Gasteiger partial charge in [0, 0.05) is 11.6 Å². The Kier molecular flexibility index (Phi) is 14.5. The molecule has 1 saturated carbocycles. The SMILES string of the molecule is C=CC(=O)OCCCCCCOc1ccc(C(=O)OC2CCC(c3ccc(C4O[C@@H](C(=O)OCC)[C@H](C(=O)OCC)O4)cc3)CC2)cc1. The Morgan fingerprint density at radius 2 is 1.29 bits per heavy atom. The van der Waals surface area contributed by atoms with E-state index in [0.29, 0.717) is 36.0 Å². The van der Waals surface area contributed by atoms with Crippen LogP contribution in [0.3, 0.4) is 0 Å². The molecule has 1 aliphatic carbocycles. The summed E-state index contributed by atoms with van der Waals surface area (Å²) >= 11 is 0. The van der Waals surface area contributed by atoms with Gasteiger partial charge in [-0.15, -0.1) is 0 Å². The highest BCUT2D eigenvalue weighted by Gasteiger charge is 2.47. The fraction of sp³-hybridized carbons (Fsp3) is 0.514. The van der Waals surface area contributed by atoms with Crippen molar-refractivity contribution in [3.8, 4) is 5.75 Å². The molecule has 2 fully saturated rings. The van der Waals surface area contributed by atoms with Crippen molar-refractivity contribution in [2.24, 2.45) is 0 Å². The van der Waals surface area contributed by atoms with Crippen LogP contribution in [0.2, 0.25) is 0 Å². The molecule has 0 amide bonds. The molecule has 1 aliphatic heterocycles. The van der Waals surface area contributed by atoms with E-state index in [1.165, 1.54) is 0 Å². The summed E-state index contributed by atoms with van der Waals surface area (Å²) in [5.41, 5.74) is 2.32. The summed E-state index contributed by atoms with van der Waals surface area (Å²) in [5.74, 6) is -1.07. The highest BCUT2D eigenvalue weighted by Crippen LogP contribution is 2.37. The lowest BCUT2D eigenvalue weighted by Gasteiger charge is -2.28. The number of unbranched alkanes of at least 4 members (excludes halogenated alkanes) is 3. The number of esters is 4. The van der Waals surface area contributed by atoms with E-state index in [1.54, 1.807) is 38.1 Å². The first-order valence-corrected chi connectivity index (χ1v) is 16.8. The van der Waals surface area contributed by atoms with Gasteiger partial charge in [-0.2, -0.15) is 0 Å². The predicted octanol–water partition coefficient (Wildman–Crippen LogP) is 6.15. The summed E-state index contributed by atoms with van der Waals surface area (Å²) in [6, 6.07) is 14.8. The van der Waals surface area contributed by atoms with Gasteiger partial charge in [0.15, 0.2) is 18.5 Å². The quantitative estimate of drug-likeness (QED) is 0.0834. The average Bonchev–Trinajstić information content (AvgIpc) is 3.56. The molecule has 0 radical (unpaired) electrons. The zero-order chi connectivity index (χ0) is 34.3. The molecule has 11 heteroatoms. The predicted molar refractivity (Wildman–Crippen MR) is 174 cm³/mol. The number of hydrogen-bond acceptors (Lipinski definition) is 11. The maximum absolute atomic E-state index is 12.8. The Labute approximate surface area is 281 Å². The molecular formula is C37H46O11. The molecule has 1 heterocycles. The smallest absolute Gasteiger partial charge is 0.338 e. The second kappa shape index (κ2) is 18.9. The van der Waals surface area contributed by atoms with Crippen LogP contribution >= 0.6 is 0 Å². The van der Waals surface area contributed by atoms with Crippen molar-refractivity contribution in [3.63, 3.8) is 0 Å². The van der Waals surface area contributed by atoms with Gasteiger partial charge in [-0.1, -0.05) is 30.8 Å².